The van der Waals surface area contributed by atoms with Crippen LogP contribution in [0.4, 0.5) is 10.6 Å². The summed E-state index contributed by atoms with van der Waals surface area (Å²) in [7, 11) is 0. The van der Waals surface area contributed by atoms with E-state index in [4.69, 9.17) is 37.4 Å². The number of anilines is 1. The van der Waals surface area contributed by atoms with Crippen LogP contribution < -0.4 is 9.64 Å². The molecule has 0 unspecified atom stereocenters. The van der Waals surface area contributed by atoms with Crippen molar-refractivity contribution >= 4 is 41.0 Å². The van der Waals surface area contributed by atoms with Crippen molar-refractivity contribution in [1.29, 1.82) is 0 Å². The first-order valence-electron chi connectivity index (χ1n) is 10.7. The molecule has 2 saturated heterocycles. The number of carbonyl (C=O) groups excluding carboxylic acids is 2. The fourth-order valence-electron chi connectivity index (χ4n) is 4.16. The van der Waals surface area contributed by atoms with Gasteiger partial charge in [0.15, 0.2) is 10.9 Å². The second-order valence-electron chi connectivity index (χ2n) is 9.25. The van der Waals surface area contributed by atoms with Gasteiger partial charge in [-0.05, 0) is 27.7 Å². The van der Waals surface area contributed by atoms with Crippen LogP contribution in [0.1, 0.15) is 38.1 Å². The molecule has 0 N–H and O–H groups in total. The summed E-state index contributed by atoms with van der Waals surface area (Å²) in [6.45, 7) is 10.3. The van der Waals surface area contributed by atoms with E-state index in [0.29, 0.717) is 50.8 Å². The molecule has 11 heteroatoms. The highest BCUT2D eigenvalue weighted by Crippen LogP contribution is 2.42. The summed E-state index contributed by atoms with van der Waals surface area (Å²) < 4.78 is 17.1. The Morgan fingerprint density at radius 2 is 1.91 bits per heavy atom. The zero-order valence-electron chi connectivity index (χ0n) is 18.7. The molecule has 32 heavy (non-hydrogen) atoms. The number of aromatic nitrogens is 1. The molecule has 1 aromatic rings. The van der Waals surface area contributed by atoms with Crippen molar-refractivity contribution in [2.75, 3.05) is 50.9 Å². The lowest BCUT2D eigenvalue weighted by atomic mass is 10.1. The number of piperazine rings is 1. The Balaban J connectivity index is 1.65. The van der Waals surface area contributed by atoms with Gasteiger partial charge in [-0.1, -0.05) is 23.2 Å². The number of rotatable bonds is 1. The first-order valence-corrected chi connectivity index (χ1v) is 11.5. The third kappa shape index (κ3) is 4.43. The molecule has 0 aliphatic carbocycles. The van der Waals surface area contributed by atoms with Gasteiger partial charge >= 0.3 is 6.09 Å². The molecular weight excluding hydrogens is 459 g/mol. The molecule has 9 nitrogen and oxygen atoms in total. The van der Waals surface area contributed by atoms with Gasteiger partial charge in [-0.3, -0.25) is 4.79 Å². The Kier molecular flexibility index (Phi) is 6.35. The van der Waals surface area contributed by atoms with Gasteiger partial charge in [-0.25, -0.2) is 9.78 Å². The van der Waals surface area contributed by atoms with Gasteiger partial charge in [0.2, 0.25) is 0 Å². The number of nitrogens with zero attached hydrogens (tertiary/aromatic N) is 4. The monoisotopic (exact) mass is 486 g/mol. The highest BCUT2D eigenvalue weighted by molar-refractivity contribution is 6.42. The van der Waals surface area contributed by atoms with E-state index < -0.39 is 11.7 Å². The summed E-state index contributed by atoms with van der Waals surface area (Å²) in [5.74, 6) is 0.458. The Bertz CT molecular complexity index is 922. The Morgan fingerprint density at radius 1 is 1.16 bits per heavy atom. The van der Waals surface area contributed by atoms with Crippen molar-refractivity contribution in [2.24, 2.45) is 0 Å². The molecule has 2 amide bonds. The van der Waals surface area contributed by atoms with Crippen LogP contribution in [-0.2, 0) is 9.47 Å². The number of carbonyl (C=O) groups is 2. The van der Waals surface area contributed by atoms with Gasteiger partial charge in [0, 0.05) is 26.2 Å². The van der Waals surface area contributed by atoms with E-state index in [1.165, 1.54) is 0 Å². The molecule has 0 saturated carbocycles. The van der Waals surface area contributed by atoms with Crippen LogP contribution in [0.5, 0.6) is 5.75 Å². The van der Waals surface area contributed by atoms with Gasteiger partial charge in [-0.2, -0.15) is 0 Å². The van der Waals surface area contributed by atoms with Gasteiger partial charge in [0.1, 0.15) is 28.6 Å². The second kappa shape index (κ2) is 8.76. The van der Waals surface area contributed by atoms with Crippen molar-refractivity contribution in [3.63, 3.8) is 0 Å². The predicted octanol–water partition coefficient (Wildman–Crippen LogP) is 3.07. The van der Waals surface area contributed by atoms with E-state index in [0.717, 1.165) is 0 Å². The maximum atomic E-state index is 13.7. The SMILES string of the molecule is C[C@H]1COCCN1c1nc(Cl)c(Cl)c2c1C(=O)N1CCN(C(=O)OC(C)(C)C)C[C@@H]1CO2. The van der Waals surface area contributed by atoms with E-state index in [9.17, 15) is 9.59 Å². The lowest BCUT2D eigenvalue weighted by Gasteiger charge is -2.40. The largest absolute Gasteiger partial charge is 0.489 e. The van der Waals surface area contributed by atoms with Crippen LogP contribution in [-0.4, -0.2) is 90.5 Å². The number of hydrogen-bond donors (Lipinski definition) is 0. The number of pyridine rings is 1. The minimum Gasteiger partial charge on any atom is -0.489 e. The maximum absolute atomic E-state index is 13.7. The number of amides is 2. The van der Waals surface area contributed by atoms with Crippen LogP contribution in [0.2, 0.25) is 10.2 Å². The third-order valence-electron chi connectivity index (χ3n) is 5.70. The van der Waals surface area contributed by atoms with Crippen molar-refractivity contribution in [3.8, 4) is 5.75 Å². The van der Waals surface area contributed by atoms with Gasteiger partial charge < -0.3 is 28.9 Å². The fraction of sp³-hybridized carbons (Fsp3) is 0.667. The van der Waals surface area contributed by atoms with Crippen LogP contribution in [0, 0.1) is 0 Å². The zero-order valence-corrected chi connectivity index (χ0v) is 20.2. The normalized spacial score (nSPS) is 23.8. The number of halogens is 2. The third-order valence-corrected chi connectivity index (χ3v) is 6.42. The lowest BCUT2D eigenvalue weighted by Crippen LogP contribution is -2.58. The molecule has 0 spiro atoms. The van der Waals surface area contributed by atoms with E-state index >= 15 is 0 Å². The fourth-order valence-corrected chi connectivity index (χ4v) is 4.52. The minimum absolute atomic E-state index is 0.00783. The molecular formula is C21H28Cl2N4O5. The topological polar surface area (TPSA) is 84.4 Å². The second-order valence-corrected chi connectivity index (χ2v) is 9.99. The van der Waals surface area contributed by atoms with E-state index in [-0.39, 0.29) is 40.5 Å². The summed E-state index contributed by atoms with van der Waals surface area (Å²) in [5, 5.41) is 0.200. The van der Waals surface area contributed by atoms with Crippen LogP contribution in [0.3, 0.4) is 0 Å². The average Bonchev–Trinajstić information content (AvgIpc) is 2.87. The van der Waals surface area contributed by atoms with Crippen molar-refractivity contribution < 1.29 is 23.8 Å². The summed E-state index contributed by atoms with van der Waals surface area (Å²) in [6, 6.07) is -0.338. The molecule has 0 bridgehead atoms. The van der Waals surface area contributed by atoms with Gasteiger partial charge in [-0.15, -0.1) is 0 Å². The molecule has 4 rings (SSSR count). The van der Waals surface area contributed by atoms with E-state index in [1.54, 1.807) is 9.80 Å². The van der Waals surface area contributed by atoms with E-state index in [2.05, 4.69) is 4.98 Å². The molecule has 3 aliphatic rings. The number of ether oxygens (including phenoxy) is 3. The standard InChI is InChI=1S/C21H28Cl2N4O5/c1-12-10-30-8-7-26(12)18-14-16(15(22)17(23)24-18)31-11-13-9-25(5-6-27(13)19(14)28)20(29)32-21(2,3)4/h12-13H,5-11H2,1-4H3/t12-,13+/m0/s1. The van der Waals surface area contributed by atoms with Crippen LogP contribution in [0.25, 0.3) is 0 Å². The predicted molar refractivity (Wildman–Crippen MR) is 120 cm³/mol. The van der Waals surface area contributed by atoms with Crippen molar-refractivity contribution in [1.82, 2.24) is 14.8 Å². The molecule has 2 atom stereocenters. The molecule has 0 aromatic carbocycles. The molecule has 1 aromatic heterocycles. The maximum Gasteiger partial charge on any atom is 0.410 e. The summed E-state index contributed by atoms with van der Waals surface area (Å²) in [5.41, 5.74) is -0.290. The number of hydrogen-bond acceptors (Lipinski definition) is 7. The first-order chi connectivity index (χ1) is 15.1. The zero-order chi connectivity index (χ0) is 23.2. The number of morpholine rings is 1. The highest BCUT2D eigenvalue weighted by atomic mass is 35.5. The Labute approximate surface area is 197 Å². The molecule has 3 aliphatic heterocycles. The molecule has 2 fully saturated rings. The van der Waals surface area contributed by atoms with Gasteiger partial charge in [0.25, 0.3) is 5.91 Å². The van der Waals surface area contributed by atoms with Gasteiger partial charge in [0.05, 0.1) is 25.3 Å². The Morgan fingerprint density at radius 3 is 2.59 bits per heavy atom. The molecule has 4 heterocycles. The minimum atomic E-state index is -0.597. The average molecular weight is 487 g/mol. The summed E-state index contributed by atoms with van der Waals surface area (Å²) in [4.78, 5) is 36.1. The molecule has 176 valence electrons. The van der Waals surface area contributed by atoms with Crippen molar-refractivity contribution in [3.05, 3.63) is 15.7 Å². The highest BCUT2D eigenvalue weighted by Gasteiger charge is 2.41. The van der Waals surface area contributed by atoms with Crippen LogP contribution in [0.15, 0.2) is 0 Å². The first kappa shape index (κ1) is 23.2. The summed E-state index contributed by atoms with van der Waals surface area (Å²) >= 11 is 12.8. The van der Waals surface area contributed by atoms with E-state index in [1.807, 2.05) is 32.6 Å². The Hall–Kier alpha value is -1.97. The van der Waals surface area contributed by atoms with Crippen LogP contribution >= 0.6 is 23.2 Å². The lowest BCUT2D eigenvalue weighted by molar-refractivity contribution is 0.000950. The molecule has 0 radical (unpaired) electrons. The quantitative estimate of drug-likeness (QED) is 0.563. The summed E-state index contributed by atoms with van der Waals surface area (Å²) in [6.07, 6.45) is -0.406. The number of fused-ring (bicyclic) bond motifs is 2. The van der Waals surface area contributed by atoms with Crippen molar-refractivity contribution in [2.45, 2.75) is 45.4 Å². The smallest absolute Gasteiger partial charge is 0.410 e.